The van der Waals surface area contributed by atoms with E-state index in [9.17, 15) is 9.18 Å². The van der Waals surface area contributed by atoms with E-state index in [1.54, 1.807) is 39.9 Å². The second kappa shape index (κ2) is 7.18. The van der Waals surface area contributed by atoms with E-state index in [0.717, 1.165) is 22.5 Å². The molecule has 0 bridgehead atoms. The number of nitrogens with one attached hydrogen (secondary N) is 1. The Morgan fingerprint density at radius 3 is 2.70 bits per heavy atom. The van der Waals surface area contributed by atoms with E-state index in [1.165, 1.54) is 12.1 Å². The van der Waals surface area contributed by atoms with Crippen molar-refractivity contribution in [2.24, 2.45) is 0 Å². The molecular formula is C21H18FN7O. The number of nitrogens with zero attached hydrogens (tertiary/aromatic N) is 6. The molecule has 0 aliphatic rings. The highest BCUT2D eigenvalue weighted by atomic mass is 19.1. The van der Waals surface area contributed by atoms with Crippen LogP contribution in [-0.4, -0.2) is 34.3 Å². The maximum absolute atomic E-state index is 13.4. The number of aromatic amines is 1. The standard InChI is InChI=1S/C21H18FN7O/c1-2-16-18(13-3-5-14(22)6-4-13)20-26-25-19-17(29(20)27-16)8-10-28(21(19)30)9-7-15-11-23-12-24-15/h3-6,8,10-12H,2,7,9H2,1H3,(H,23,24). The highest BCUT2D eigenvalue weighted by Crippen LogP contribution is 2.29. The van der Waals surface area contributed by atoms with Gasteiger partial charge in [-0.05, 0) is 30.2 Å². The van der Waals surface area contributed by atoms with Crippen molar-refractivity contribution in [1.82, 2.24) is 34.3 Å². The second-order valence-electron chi connectivity index (χ2n) is 6.99. The molecule has 0 aliphatic carbocycles. The van der Waals surface area contributed by atoms with Gasteiger partial charge < -0.3 is 9.55 Å². The zero-order chi connectivity index (χ0) is 20.7. The van der Waals surface area contributed by atoms with E-state index in [-0.39, 0.29) is 16.9 Å². The van der Waals surface area contributed by atoms with Crippen LogP contribution < -0.4 is 5.56 Å². The number of fused-ring (bicyclic) bond motifs is 3. The Labute approximate surface area is 170 Å². The van der Waals surface area contributed by atoms with Crippen molar-refractivity contribution in [3.63, 3.8) is 0 Å². The Morgan fingerprint density at radius 2 is 1.97 bits per heavy atom. The first-order chi connectivity index (χ1) is 14.7. The molecule has 0 saturated carbocycles. The number of halogens is 1. The molecule has 4 heterocycles. The quantitative estimate of drug-likeness (QED) is 0.487. The lowest BCUT2D eigenvalue weighted by Gasteiger charge is -2.07. The first-order valence-electron chi connectivity index (χ1n) is 9.66. The second-order valence-corrected chi connectivity index (χ2v) is 6.99. The Hall–Kier alpha value is -3.88. The summed E-state index contributed by atoms with van der Waals surface area (Å²) in [5, 5.41) is 13.2. The highest BCUT2D eigenvalue weighted by molar-refractivity contribution is 5.84. The number of H-pyrrole nitrogens is 1. The number of benzene rings is 1. The lowest BCUT2D eigenvalue weighted by molar-refractivity contribution is 0.628. The Balaban J connectivity index is 1.64. The third-order valence-corrected chi connectivity index (χ3v) is 5.17. The molecule has 0 atom stereocenters. The van der Waals surface area contributed by atoms with Crippen molar-refractivity contribution in [3.05, 3.63) is 76.6 Å². The molecule has 0 saturated heterocycles. The topological polar surface area (TPSA) is 93.8 Å². The largest absolute Gasteiger partial charge is 0.348 e. The monoisotopic (exact) mass is 403 g/mol. The zero-order valence-electron chi connectivity index (χ0n) is 16.2. The van der Waals surface area contributed by atoms with Crippen LogP contribution in [0.15, 0.2) is 53.8 Å². The lowest BCUT2D eigenvalue weighted by atomic mass is 10.0. The summed E-state index contributed by atoms with van der Waals surface area (Å²) in [5.41, 5.74) is 4.54. The predicted octanol–water partition coefficient (Wildman–Crippen LogP) is 2.77. The van der Waals surface area contributed by atoms with Gasteiger partial charge in [0.05, 0.1) is 17.6 Å². The van der Waals surface area contributed by atoms with E-state index in [2.05, 4.69) is 25.3 Å². The summed E-state index contributed by atoms with van der Waals surface area (Å²) >= 11 is 0. The molecule has 4 aromatic heterocycles. The SMILES string of the molecule is CCc1nn2c(nnc3c(=O)n(CCc4cnc[nH]4)ccc32)c1-c1ccc(F)cc1. The fraction of sp³-hybridized carbons (Fsp3) is 0.190. The predicted molar refractivity (Wildman–Crippen MR) is 110 cm³/mol. The number of aryl methyl sites for hydroxylation is 3. The van der Waals surface area contributed by atoms with E-state index in [4.69, 9.17) is 0 Å². The highest BCUT2D eigenvalue weighted by Gasteiger charge is 2.18. The van der Waals surface area contributed by atoms with Gasteiger partial charge in [-0.1, -0.05) is 19.1 Å². The van der Waals surface area contributed by atoms with Crippen LogP contribution in [0.5, 0.6) is 0 Å². The molecule has 5 aromatic rings. The number of aromatic nitrogens is 7. The molecule has 30 heavy (non-hydrogen) atoms. The number of rotatable bonds is 5. The molecule has 5 rings (SSSR count). The van der Waals surface area contributed by atoms with Crippen LogP contribution in [0.25, 0.3) is 27.8 Å². The van der Waals surface area contributed by atoms with Gasteiger partial charge in [-0.25, -0.2) is 13.9 Å². The Bertz CT molecular complexity index is 1400. The molecule has 0 amide bonds. The van der Waals surface area contributed by atoms with Gasteiger partial charge in [-0.15, -0.1) is 10.2 Å². The van der Waals surface area contributed by atoms with Crippen LogP contribution in [0, 0.1) is 5.82 Å². The van der Waals surface area contributed by atoms with Crippen LogP contribution in [0.1, 0.15) is 18.3 Å². The molecule has 0 aliphatic heterocycles. The van der Waals surface area contributed by atoms with E-state index in [0.29, 0.717) is 30.6 Å². The fourth-order valence-electron chi connectivity index (χ4n) is 3.63. The first kappa shape index (κ1) is 18.2. The average molecular weight is 403 g/mol. The molecule has 9 heteroatoms. The van der Waals surface area contributed by atoms with Gasteiger partial charge in [-0.3, -0.25) is 4.79 Å². The van der Waals surface area contributed by atoms with Gasteiger partial charge in [0.15, 0.2) is 11.2 Å². The van der Waals surface area contributed by atoms with E-state index in [1.807, 2.05) is 13.0 Å². The minimum absolute atomic E-state index is 0.224. The van der Waals surface area contributed by atoms with Gasteiger partial charge in [0.1, 0.15) is 11.3 Å². The minimum atomic E-state index is -0.305. The van der Waals surface area contributed by atoms with Gasteiger partial charge in [0, 0.05) is 31.1 Å². The van der Waals surface area contributed by atoms with Crippen LogP contribution in [0.2, 0.25) is 0 Å². The third-order valence-electron chi connectivity index (χ3n) is 5.17. The van der Waals surface area contributed by atoms with Crippen molar-refractivity contribution in [2.75, 3.05) is 0 Å². The van der Waals surface area contributed by atoms with Crippen LogP contribution in [0.4, 0.5) is 4.39 Å². The van der Waals surface area contributed by atoms with Gasteiger partial charge in [0.2, 0.25) is 0 Å². The number of pyridine rings is 1. The van der Waals surface area contributed by atoms with Crippen molar-refractivity contribution in [3.8, 4) is 11.1 Å². The lowest BCUT2D eigenvalue weighted by Crippen LogP contribution is -2.22. The maximum atomic E-state index is 13.4. The molecular weight excluding hydrogens is 385 g/mol. The molecule has 1 aromatic carbocycles. The van der Waals surface area contributed by atoms with Crippen molar-refractivity contribution in [2.45, 2.75) is 26.3 Å². The summed E-state index contributed by atoms with van der Waals surface area (Å²) in [6.07, 6.45) is 6.41. The number of imidazole rings is 1. The normalized spacial score (nSPS) is 11.5. The fourth-order valence-corrected chi connectivity index (χ4v) is 3.63. The summed E-state index contributed by atoms with van der Waals surface area (Å²) in [6.45, 7) is 2.49. The van der Waals surface area contributed by atoms with Crippen LogP contribution >= 0.6 is 0 Å². The van der Waals surface area contributed by atoms with Gasteiger partial charge >= 0.3 is 0 Å². The average Bonchev–Trinajstić information content (AvgIpc) is 3.41. The van der Waals surface area contributed by atoms with E-state index < -0.39 is 0 Å². The van der Waals surface area contributed by atoms with Gasteiger partial charge in [-0.2, -0.15) is 5.10 Å². The molecule has 0 fully saturated rings. The summed E-state index contributed by atoms with van der Waals surface area (Å²) in [7, 11) is 0. The molecule has 8 nitrogen and oxygen atoms in total. The van der Waals surface area contributed by atoms with Crippen LogP contribution in [-0.2, 0) is 19.4 Å². The number of hydrogen-bond acceptors (Lipinski definition) is 5. The maximum Gasteiger partial charge on any atom is 0.280 e. The molecule has 1 N–H and O–H groups in total. The third kappa shape index (κ3) is 2.95. The van der Waals surface area contributed by atoms with Crippen LogP contribution in [0.3, 0.4) is 0 Å². The minimum Gasteiger partial charge on any atom is -0.348 e. The van der Waals surface area contributed by atoms with Crippen molar-refractivity contribution >= 4 is 16.7 Å². The molecule has 0 spiro atoms. The zero-order valence-corrected chi connectivity index (χ0v) is 16.2. The first-order valence-corrected chi connectivity index (χ1v) is 9.66. The Morgan fingerprint density at radius 1 is 1.13 bits per heavy atom. The van der Waals surface area contributed by atoms with Gasteiger partial charge in [0.25, 0.3) is 5.56 Å². The number of hydrogen-bond donors (Lipinski definition) is 1. The summed E-state index contributed by atoms with van der Waals surface area (Å²) in [6, 6.07) is 8.04. The summed E-state index contributed by atoms with van der Waals surface area (Å²) in [5.74, 6) is -0.305. The summed E-state index contributed by atoms with van der Waals surface area (Å²) in [4.78, 5) is 20.0. The summed E-state index contributed by atoms with van der Waals surface area (Å²) < 4.78 is 16.6. The van der Waals surface area contributed by atoms with Crippen molar-refractivity contribution < 1.29 is 4.39 Å². The van der Waals surface area contributed by atoms with E-state index >= 15 is 0 Å². The molecule has 150 valence electrons. The smallest absolute Gasteiger partial charge is 0.280 e. The van der Waals surface area contributed by atoms with Crippen molar-refractivity contribution in [1.29, 1.82) is 0 Å². The Kier molecular flexibility index (Phi) is 4.35. The molecule has 0 radical (unpaired) electrons. The molecule has 0 unspecified atom stereocenters.